The van der Waals surface area contributed by atoms with E-state index in [0.29, 0.717) is 18.8 Å². The van der Waals surface area contributed by atoms with Crippen LogP contribution in [0, 0.1) is 5.41 Å². The molecule has 0 aromatic heterocycles. The van der Waals surface area contributed by atoms with Crippen molar-refractivity contribution >= 4 is 12.0 Å². The smallest absolute Gasteiger partial charge is 0.407 e. The zero-order chi connectivity index (χ0) is 27.2. The molecule has 1 aliphatic carbocycles. The molecule has 3 aromatic carbocycles. The fourth-order valence-corrected chi connectivity index (χ4v) is 5.33. The molecule has 7 nitrogen and oxygen atoms in total. The number of fused-ring (bicyclic) bond motifs is 3. The molecular weight excluding hydrogens is 492 g/mol. The summed E-state index contributed by atoms with van der Waals surface area (Å²) in [7, 11) is 0. The third kappa shape index (κ3) is 5.84. The standard InChI is InChI=1S/C32H36N2O5/c1-3-32(4-2)20-38-30(39-21-32)23-15-13-22(14-16-23)29(35)33-17-18-34-31(36)37-19-28-26-11-7-5-9-24(26)25-10-6-8-12-27(25)28/h5-16,28,30H,3-4,17-21H2,1-2H3,(H,33,35)(H,34,36). The van der Waals surface area contributed by atoms with E-state index in [1.165, 1.54) is 22.3 Å². The Hall–Kier alpha value is -3.68. The van der Waals surface area contributed by atoms with Crippen molar-refractivity contribution in [3.63, 3.8) is 0 Å². The van der Waals surface area contributed by atoms with Crippen molar-refractivity contribution in [2.45, 2.75) is 38.9 Å². The summed E-state index contributed by atoms with van der Waals surface area (Å²) in [6.45, 7) is 6.48. The Bertz CT molecular complexity index is 1250. The number of carbonyl (C=O) groups is 2. The maximum Gasteiger partial charge on any atom is 0.407 e. The van der Waals surface area contributed by atoms with Gasteiger partial charge in [-0.1, -0.05) is 74.5 Å². The fourth-order valence-electron chi connectivity index (χ4n) is 5.33. The predicted octanol–water partition coefficient (Wildman–Crippen LogP) is 5.81. The van der Waals surface area contributed by atoms with E-state index in [0.717, 1.165) is 18.4 Å². The molecule has 0 radical (unpaired) electrons. The van der Waals surface area contributed by atoms with Crippen LogP contribution in [0.4, 0.5) is 4.79 Å². The number of alkyl carbamates (subject to hydrolysis) is 1. The highest BCUT2D eigenvalue weighted by Crippen LogP contribution is 2.44. The van der Waals surface area contributed by atoms with E-state index >= 15 is 0 Å². The average molecular weight is 529 g/mol. The summed E-state index contributed by atoms with van der Waals surface area (Å²) in [6, 6.07) is 23.7. The Morgan fingerprint density at radius 2 is 1.38 bits per heavy atom. The minimum atomic E-state index is -0.502. The van der Waals surface area contributed by atoms with Gasteiger partial charge in [0.25, 0.3) is 5.91 Å². The molecule has 0 bridgehead atoms. The van der Waals surface area contributed by atoms with Crippen molar-refractivity contribution < 1.29 is 23.8 Å². The van der Waals surface area contributed by atoms with Gasteiger partial charge in [0, 0.05) is 35.5 Å². The highest BCUT2D eigenvalue weighted by Gasteiger charge is 2.34. The van der Waals surface area contributed by atoms with Crippen LogP contribution in [0.25, 0.3) is 11.1 Å². The van der Waals surface area contributed by atoms with Crippen LogP contribution >= 0.6 is 0 Å². The van der Waals surface area contributed by atoms with Crippen molar-refractivity contribution in [2.75, 3.05) is 32.9 Å². The predicted molar refractivity (Wildman–Crippen MR) is 150 cm³/mol. The Morgan fingerprint density at radius 1 is 0.821 bits per heavy atom. The molecule has 204 valence electrons. The summed E-state index contributed by atoms with van der Waals surface area (Å²) in [5, 5.41) is 5.55. The Balaban J connectivity index is 1.04. The van der Waals surface area contributed by atoms with Crippen LogP contribution in [-0.4, -0.2) is 44.9 Å². The van der Waals surface area contributed by atoms with Crippen LogP contribution in [-0.2, 0) is 14.2 Å². The van der Waals surface area contributed by atoms with E-state index in [1.54, 1.807) is 12.1 Å². The summed E-state index contributed by atoms with van der Waals surface area (Å²) in [6.07, 6.45) is 1.13. The van der Waals surface area contributed by atoms with E-state index in [4.69, 9.17) is 14.2 Å². The molecular formula is C32H36N2O5. The number of benzene rings is 3. The van der Waals surface area contributed by atoms with Gasteiger partial charge in [0.05, 0.1) is 13.2 Å². The molecule has 2 N–H and O–H groups in total. The third-order valence-corrected chi connectivity index (χ3v) is 8.05. The first-order valence-electron chi connectivity index (χ1n) is 13.7. The lowest BCUT2D eigenvalue weighted by Crippen LogP contribution is -2.37. The molecule has 1 saturated heterocycles. The molecule has 0 saturated carbocycles. The summed E-state index contributed by atoms with van der Waals surface area (Å²) < 4.78 is 17.5. The van der Waals surface area contributed by atoms with Gasteiger partial charge >= 0.3 is 6.09 Å². The first-order chi connectivity index (χ1) is 19.0. The number of hydrogen-bond acceptors (Lipinski definition) is 5. The highest BCUT2D eigenvalue weighted by atomic mass is 16.7. The Morgan fingerprint density at radius 3 is 1.97 bits per heavy atom. The average Bonchev–Trinajstić information content (AvgIpc) is 3.32. The van der Waals surface area contributed by atoms with Gasteiger partial charge in [0.2, 0.25) is 0 Å². The molecule has 0 unspecified atom stereocenters. The van der Waals surface area contributed by atoms with Crippen molar-refractivity contribution in [3.8, 4) is 11.1 Å². The van der Waals surface area contributed by atoms with E-state index in [9.17, 15) is 9.59 Å². The first kappa shape index (κ1) is 26.9. The van der Waals surface area contributed by atoms with Gasteiger partial charge < -0.3 is 24.8 Å². The number of hydrogen-bond donors (Lipinski definition) is 2. The van der Waals surface area contributed by atoms with E-state index in [-0.39, 0.29) is 36.9 Å². The molecule has 2 aliphatic rings. The first-order valence-corrected chi connectivity index (χ1v) is 13.7. The monoisotopic (exact) mass is 528 g/mol. The van der Waals surface area contributed by atoms with E-state index < -0.39 is 12.4 Å². The Kier molecular flexibility index (Phi) is 8.29. The molecule has 0 spiro atoms. The topological polar surface area (TPSA) is 85.9 Å². The minimum absolute atomic E-state index is 0.0102. The quantitative estimate of drug-likeness (QED) is 0.343. The van der Waals surface area contributed by atoms with Crippen LogP contribution in [0.15, 0.2) is 72.8 Å². The normalized spacial score (nSPS) is 16.3. The molecule has 1 aliphatic heterocycles. The second kappa shape index (κ2) is 12.0. The van der Waals surface area contributed by atoms with Crippen molar-refractivity contribution in [3.05, 3.63) is 95.1 Å². The molecule has 3 aromatic rings. The summed E-state index contributed by atoms with van der Waals surface area (Å²) in [5.41, 5.74) is 6.22. The molecule has 0 atom stereocenters. The maximum atomic E-state index is 12.6. The highest BCUT2D eigenvalue weighted by molar-refractivity contribution is 5.94. The SMILES string of the molecule is CCC1(CC)COC(c2ccc(C(=O)NCCNC(=O)OCC3c4ccccc4-c4ccccc43)cc2)OC1. The zero-order valence-corrected chi connectivity index (χ0v) is 22.6. The van der Waals surface area contributed by atoms with Gasteiger partial charge in [-0.25, -0.2) is 4.79 Å². The van der Waals surface area contributed by atoms with Crippen LogP contribution in [0.5, 0.6) is 0 Å². The molecule has 2 amide bonds. The lowest BCUT2D eigenvalue weighted by atomic mass is 9.83. The zero-order valence-electron chi connectivity index (χ0n) is 22.6. The second-order valence-electron chi connectivity index (χ2n) is 10.3. The third-order valence-electron chi connectivity index (χ3n) is 8.05. The van der Waals surface area contributed by atoms with Gasteiger partial charge in [0.1, 0.15) is 6.61 Å². The molecule has 1 fully saturated rings. The van der Waals surface area contributed by atoms with Crippen LogP contribution in [0.2, 0.25) is 0 Å². The van der Waals surface area contributed by atoms with Gasteiger partial charge in [0.15, 0.2) is 6.29 Å². The fraction of sp³-hybridized carbons (Fsp3) is 0.375. The van der Waals surface area contributed by atoms with Crippen molar-refractivity contribution in [1.29, 1.82) is 0 Å². The second-order valence-corrected chi connectivity index (χ2v) is 10.3. The number of ether oxygens (including phenoxy) is 3. The molecule has 5 rings (SSSR count). The maximum absolute atomic E-state index is 12.6. The summed E-state index contributed by atoms with van der Waals surface area (Å²) in [4.78, 5) is 24.9. The summed E-state index contributed by atoms with van der Waals surface area (Å²) in [5.74, 6) is -0.201. The Labute approximate surface area is 229 Å². The molecule has 1 heterocycles. The van der Waals surface area contributed by atoms with Gasteiger partial charge in [-0.15, -0.1) is 0 Å². The van der Waals surface area contributed by atoms with Crippen LogP contribution in [0.1, 0.15) is 65.9 Å². The lowest BCUT2D eigenvalue weighted by Gasteiger charge is -2.39. The number of carbonyl (C=O) groups excluding carboxylic acids is 2. The summed E-state index contributed by atoms with van der Waals surface area (Å²) >= 11 is 0. The number of amides is 2. The number of rotatable bonds is 9. The van der Waals surface area contributed by atoms with E-state index in [2.05, 4.69) is 48.7 Å². The number of nitrogens with one attached hydrogen (secondary N) is 2. The van der Waals surface area contributed by atoms with Crippen molar-refractivity contribution in [2.24, 2.45) is 5.41 Å². The van der Waals surface area contributed by atoms with E-state index in [1.807, 2.05) is 36.4 Å². The van der Waals surface area contributed by atoms with Gasteiger partial charge in [-0.05, 0) is 47.2 Å². The van der Waals surface area contributed by atoms with Crippen LogP contribution in [0.3, 0.4) is 0 Å². The minimum Gasteiger partial charge on any atom is -0.449 e. The van der Waals surface area contributed by atoms with Gasteiger partial charge in [-0.2, -0.15) is 0 Å². The van der Waals surface area contributed by atoms with Crippen LogP contribution < -0.4 is 10.6 Å². The van der Waals surface area contributed by atoms with Crippen molar-refractivity contribution in [1.82, 2.24) is 10.6 Å². The molecule has 39 heavy (non-hydrogen) atoms. The lowest BCUT2D eigenvalue weighted by molar-refractivity contribution is -0.235. The molecule has 7 heteroatoms. The largest absolute Gasteiger partial charge is 0.449 e. The van der Waals surface area contributed by atoms with Gasteiger partial charge in [-0.3, -0.25) is 4.79 Å².